The Morgan fingerprint density at radius 1 is 1.20 bits per heavy atom. The third-order valence-corrected chi connectivity index (χ3v) is 2.68. The van der Waals surface area contributed by atoms with Crippen LogP contribution in [0, 0.1) is 5.82 Å². The van der Waals surface area contributed by atoms with Crippen LogP contribution in [-0.4, -0.2) is 12.5 Å². The van der Waals surface area contributed by atoms with E-state index in [1.165, 1.54) is 12.1 Å². The normalized spacial score (nSPS) is 25.1. The number of benzene rings is 1. The van der Waals surface area contributed by atoms with Gasteiger partial charge in [0.15, 0.2) is 0 Å². The van der Waals surface area contributed by atoms with Crippen LogP contribution in [-0.2, 0) is 0 Å². The van der Waals surface area contributed by atoms with Gasteiger partial charge in [-0.3, -0.25) is 0 Å². The molecule has 1 N–H and O–H groups in total. The van der Waals surface area contributed by atoms with Crippen LogP contribution in [0.2, 0.25) is 0 Å². The van der Waals surface area contributed by atoms with Gasteiger partial charge in [0.2, 0.25) is 0 Å². The van der Waals surface area contributed by atoms with Crippen molar-refractivity contribution in [2.45, 2.75) is 24.8 Å². The minimum Gasteiger partial charge on any atom is -0.304 e. The van der Waals surface area contributed by atoms with Crippen LogP contribution in [0.5, 0.6) is 0 Å². The van der Waals surface area contributed by atoms with E-state index in [2.05, 4.69) is 5.32 Å². The number of hydrogen-bond acceptors (Lipinski definition) is 1. The molecular weight excluding hydrogens is 203 g/mol. The Bertz CT molecular complexity index is 324. The summed E-state index contributed by atoms with van der Waals surface area (Å²) < 4.78 is 38.3. The third-order valence-electron chi connectivity index (χ3n) is 2.68. The standard InChI is InChI=1S/C11H12F3N/c12-9-3-1-8(2-4-9)10-5-6-11(13,14)7-15-10/h1-4,10,15H,5-7H2. The topological polar surface area (TPSA) is 12.0 Å². The van der Waals surface area contributed by atoms with Gasteiger partial charge < -0.3 is 5.32 Å². The largest absolute Gasteiger partial charge is 0.304 e. The van der Waals surface area contributed by atoms with E-state index in [0.717, 1.165) is 5.56 Å². The molecule has 1 aromatic carbocycles. The molecule has 1 aliphatic rings. The van der Waals surface area contributed by atoms with E-state index < -0.39 is 5.92 Å². The number of rotatable bonds is 1. The van der Waals surface area contributed by atoms with Gasteiger partial charge >= 0.3 is 0 Å². The first-order chi connectivity index (χ1) is 7.07. The van der Waals surface area contributed by atoms with E-state index in [0.29, 0.717) is 6.42 Å². The zero-order valence-corrected chi connectivity index (χ0v) is 8.14. The summed E-state index contributed by atoms with van der Waals surface area (Å²) in [6.45, 7) is -0.297. The quantitative estimate of drug-likeness (QED) is 0.759. The molecule has 1 unspecified atom stereocenters. The van der Waals surface area contributed by atoms with Crippen LogP contribution in [0.3, 0.4) is 0 Å². The van der Waals surface area contributed by atoms with Crippen molar-refractivity contribution in [2.75, 3.05) is 6.54 Å². The molecule has 82 valence electrons. The molecule has 4 heteroatoms. The molecule has 0 saturated carbocycles. The van der Waals surface area contributed by atoms with Crippen molar-refractivity contribution in [3.05, 3.63) is 35.6 Å². The van der Waals surface area contributed by atoms with E-state index in [-0.39, 0.29) is 24.8 Å². The Balaban J connectivity index is 2.04. The maximum absolute atomic E-state index is 12.8. The van der Waals surface area contributed by atoms with E-state index in [1.807, 2.05) is 0 Å². The van der Waals surface area contributed by atoms with E-state index in [1.54, 1.807) is 12.1 Å². The van der Waals surface area contributed by atoms with Crippen LogP contribution in [0.4, 0.5) is 13.2 Å². The summed E-state index contributed by atoms with van der Waals surface area (Å²) >= 11 is 0. The van der Waals surface area contributed by atoms with Crippen molar-refractivity contribution in [3.63, 3.8) is 0 Å². The summed E-state index contributed by atoms with van der Waals surface area (Å²) in [5.41, 5.74) is 0.868. The molecule has 0 aliphatic carbocycles. The van der Waals surface area contributed by atoms with E-state index in [9.17, 15) is 13.2 Å². The minimum atomic E-state index is -2.60. The van der Waals surface area contributed by atoms with Crippen LogP contribution < -0.4 is 5.32 Å². The molecule has 0 amide bonds. The second-order valence-electron chi connectivity index (χ2n) is 3.88. The highest BCUT2D eigenvalue weighted by Gasteiger charge is 2.34. The highest BCUT2D eigenvalue weighted by atomic mass is 19.3. The molecular formula is C11H12F3N. The van der Waals surface area contributed by atoms with Crippen molar-refractivity contribution in [2.24, 2.45) is 0 Å². The molecule has 1 nitrogen and oxygen atoms in total. The Morgan fingerprint density at radius 2 is 1.87 bits per heavy atom. The second-order valence-corrected chi connectivity index (χ2v) is 3.88. The monoisotopic (exact) mass is 215 g/mol. The predicted octanol–water partition coefficient (Wildman–Crippen LogP) is 2.89. The summed E-state index contributed by atoms with van der Waals surface area (Å²) in [6, 6.07) is 5.89. The summed E-state index contributed by atoms with van der Waals surface area (Å²) in [4.78, 5) is 0. The van der Waals surface area contributed by atoms with Crippen LogP contribution in [0.25, 0.3) is 0 Å². The number of halogens is 3. The second kappa shape index (κ2) is 3.85. The average Bonchev–Trinajstić information content (AvgIpc) is 2.20. The lowest BCUT2D eigenvalue weighted by Gasteiger charge is -2.29. The Labute approximate surface area is 86.3 Å². The van der Waals surface area contributed by atoms with Crippen molar-refractivity contribution < 1.29 is 13.2 Å². The van der Waals surface area contributed by atoms with Gasteiger partial charge in [-0.15, -0.1) is 0 Å². The maximum atomic E-state index is 12.8. The fourth-order valence-electron chi connectivity index (χ4n) is 1.80. The Hall–Kier alpha value is -1.03. The van der Waals surface area contributed by atoms with Gasteiger partial charge in [-0.05, 0) is 24.1 Å². The molecule has 1 aliphatic heterocycles. The van der Waals surface area contributed by atoms with Gasteiger partial charge in [0.25, 0.3) is 5.92 Å². The molecule has 1 fully saturated rings. The third kappa shape index (κ3) is 2.50. The fraction of sp³-hybridized carbons (Fsp3) is 0.455. The lowest BCUT2D eigenvalue weighted by molar-refractivity contribution is -0.0303. The average molecular weight is 215 g/mol. The molecule has 2 rings (SSSR count). The first-order valence-corrected chi connectivity index (χ1v) is 4.93. The lowest BCUT2D eigenvalue weighted by atomic mass is 9.96. The van der Waals surface area contributed by atoms with Crippen molar-refractivity contribution in [1.82, 2.24) is 5.32 Å². The Morgan fingerprint density at radius 3 is 2.40 bits per heavy atom. The molecule has 1 heterocycles. The van der Waals surface area contributed by atoms with E-state index in [4.69, 9.17) is 0 Å². The zero-order chi connectivity index (χ0) is 10.9. The first-order valence-electron chi connectivity index (χ1n) is 4.93. The van der Waals surface area contributed by atoms with Gasteiger partial charge in [-0.1, -0.05) is 12.1 Å². The highest BCUT2D eigenvalue weighted by molar-refractivity contribution is 5.20. The maximum Gasteiger partial charge on any atom is 0.260 e. The summed E-state index contributed by atoms with van der Waals surface area (Å²) in [5, 5.41) is 2.77. The van der Waals surface area contributed by atoms with Gasteiger partial charge in [-0.2, -0.15) is 0 Å². The summed E-state index contributed by atoms with van der Waals surface area (Å²) in [6.07, 6.45) is 0.278. The number of hydrogen-bond donors (Lipinski definition) is 1. The lowest BCUT2D eigenvalue weighted by Crippen LogP contribution is -2.40. The number of alkyl halides is 2. The SMILES string of the molecule is Fc1ccc(C2CCC(F)(F)CN2)cc1. The van der Waals surface area contributed by atoms with Crippen LogP contribution in [0.15, 0.2) is 24.3 Å². The van der Waals surface area contributed by atoms with Gasteiger partial charge in [0, 0.05) is 12.5 Å². The summed E-state index contributed by atoms with van der Waals surface area (Å²) in [5.74, 6) is -2.91. The smallest absolute Gasteiger partial charge is 0.260 e. The molecule has 0 spiro atoms. The molecule has 15 heavy (non-hydrogen) atoms. The minimum absolute atomic E-state index is 0.0785. The number of nitrogens with one attached hydrogen (secondary N) is 1. The molecule has 0 radical (unpaired) electrons. The van der Waals surface area contributed by atoms with Crippen molar-refractivity contribution in [1.29, 1.82) is 0 Å². The molecule has 1 aromatic rings. The summed E-state index contributed by atoms with van der Waals surface area (Å²) in [7, 11) is 0. The van der Waals surface area contributed by atoms with E-state index >= 15 is 0 Å². The van der Waals surface area contributed by atoms with Gasteiger partial charge in [0.1, 0.15) is 5.82 Å². The van der Waals surface area contributed by atoms with Crippen LogP contribution in [0.1, 0.15) is 24.4 Å². The van der Waals surface area contributed by atoms with Gasteiger partial charge in [0.05, 0.1) is 6.54 Å². The number of piperidine rings is 1. The van der Waals surface area contributed by atoms with Gasteiger partial charge in [-0.25, -0.2) is 13.2 Å². The highest BCUT2D eigenvalue weighted by Crippen LogP contribution is 2.31. The molecule has 1 saturated heterocycles. The predicted molar refractivity (Wildman–Crippen MR) is 51.3 cm³/mol. The van der Waals surface area contributed by atoms with Crippen LogP contribution >= 0.6 is 0 Å². The van der Waals surface area contributed by atoms with Crippen molar-refractivity contribution >= 4 is 0 Å². The first kappa shape index (κ1) is 10.5. The van der Waals surface area contributed by atoms with Crippen molar-refractivity contribution in [3.8, 4) is 0 Å². The zero-order valence-electron chi connectivity index (χ0n) is 8.14. The molecule has 0 aromatic heterocycles. The fourth-order valence-corrected chi connectivity index (χ4v) is 1.80. The molecule has 0 bridgehead atoms. The Kier molecular flexibility index (Phi) is 2.69. The molecule has 1 atom stereocenters.